The molecule has 0 unspecified atom stereocenters. The number of ether oxygens (including phenoxy) is 1. The summed E-state index contributed by atoms with van der Waals surface area (Å²) in [5, 5.41) is 14.5. The van der Waals surface area contributed by atoms with E-state index in [-0.39, 0.29) is 5.57 Å². The van der Waals surface area contributed by atoms with Gasteiger partial charge in [-0.05, 0) is 18.6 Å². The van der Waals surface area contributed by atoms with Crippen molar-refractivity contribution in [1.29, 1.82) is 5.26 Å². The van der Waals surface area contributed by atoms with Crippen LogP contribution in [0.15, 0.2) is 36.0 Å². The van der Waals surface area contributed by atoms with Crippen molar-refractivity contribution in [2.24, 2.45) is 0 Å². The highest BCUT2D eigenvalue weighted by molar-refractivity contribution is 6.07. The van der Waals surface area contributed by atoms with Gasteiger partial charge in [0.2, 0.25) is 0 Å². The van der Waals surface area contributed by atoms with Crippen molar-refractivity contribution in [3.05, 3.63) is 36.0 Å². The SMILES string of the molecule is CCCN/C=C(/C#N)C(=O)Nc1ccccc1OC. The minimum Gasteiger partial charge on any atom is -0.495 e. The van der Waals surface area contributed by atoms with Gasteiger partial charge in [-0.25, -0.2) is 0 Å². The van der Waals surface area contributed by atoms with Gasteiger partial charge in [-0.15, -0.1) is 0 Å². The molecule has 0 fully saturated rings. The third kappa shape index (κ3) is 4.36. The molecule has 1 aromatic carbocycles. The monoisotopic (exact) mass is 259 g/mol. The zero-order valence-corrected chi connectivity index (χ0v) is 11.1. The molecule has 0 aliphatic heterocycles. The van der Waals surface area contributed by atoms with E-state index in [1.54, 1.807) is 24.3 Å². The van der Waals surface area contributed by atoms with Gasteiger partial charge in [-0.1, -0.05) is 19.1 Å². The molecule has 0 saturated heterocycles. The Balaban J connectivity index is 2.78. The number of carbonyl (C=O) groups excluding carboxylic acids is 1. The van der Waals surface area contributed by atoms with Crippen LogP contribution in [0.2, 0.25) is 0 Å². The summed E-state index contributed by atoms with van der Waals surface area (Å²) >= 11 is 0. The second-order valence-electron chi connectivity index (χ2n) is 3.78. The Bertz CT molecular complexity index is 504. The van der Waals surface area contributed by atoms with Crippen molar-refractivity contribution in [3.8, 4) is 11.8 Å². The second kappa shape index (κ2) is 7.77. The molecule has 5 nitrogen and oxygen atoms in total. The Labute approximate surface area is 112 Å². The van der Waals surface area contributed by atoms with Crippen molar-refractivity contribution >= 4 is 11.6 Å². The Morgan fingerprint density at radius 3 is 2.84 bits per heavy atom. The number of para-hydroxylation sites is 2. The summed E-state index contributed by atoms with van der Waals surface area (Å²) in [4.78, 5) is 11.9. The molecule has 0 spiro atoms. The van der Waals surface area contributed by atoms with Crippen LogP contribution in [0.25, 0.3) is 0 Å². The molecule has 0 aromatic heterocycles. The first-order valence-corrected chi connectivity index (χ1v) is 6.01. The highest BCUT2D eigenvalue weighted by atomic mass is 16.5. The third-order valence-electron chi connectivity index (χ3n) is 2.36. The third-order valence-corrected chi connectivity index (χ3v) is 2.36. The highest BCUT2D eigenvalue weighted by Crippen LogP contribution is 2.23. The lowest BCUT2D eigenvalue weighted by Crippen LogP contribution is -2.17. The van der Waals surface area contributed by atoms with Gasteiger partial charge in [-0.3, -0.25) is 4.79 Å². The fraction of sp³-hybridized carbons (Fsp3) is 0.286. The van der Waals surface area contributed by atoms with Crippen molar-refractivity contribution in [1.82, 2.24) is 5.32 Å². The maximum atomic E-state index is 11.9. The zero-order valence-electron chi connectivity index (χ0n) is 11.1. The summed E-state index contributed by atoms with van der Waals surface area (Å²) in [5.74, 6) is 0.0882. The molecule has 0 saturated carbocycles. The minimum absolute atomic E-state index is 0.0272. The van der Waals surface area contributed by atoms with E-state index in [2.05, 4.69) is 10.6 Å². The smallest absolute Gasteiger partial charge is 0.267 e. The van der Waals surface area contributed by atoms with Crippen LogP contribution in [0.5, 0.6) is 5.75 Å². The molecule has 5 heteroatoms. The first-order chi connectivity index (χ1) is 9.22. The largest absolute Gasteiger partial charge is 0.495 e. The van der Waals surface area contributed by atoms with E-state index in [4.69, 9.17) is 10.00 Å². The van der Waals surface area contributed by atoms with E-state index in [9.17, 15) is 4.79 Å². The quantitative estimate of drug-likeness (QED) is 0.466. The Morgan fingerprint density at radius 1 is 1.47 bits per heavy atom. The van der Waals surface area contributed by atoms with E-state index >= 15 is 0 Å². The first-order valence-electron chi connectivity index (χ1n) is 6.01. The lowest BCUT2D eigenvalue weighted by Gasteiger charge is -2.09. The van der Waals surface area contributed by atoms with Crippen LogP contribution < -0.4 is 15.4 Å². The fourth-order valence-corrected chi connectivity index (χ4v) is 1.40. The number of methoxy groups -OCH3 is 1. The average molecular weight is 259 g/mol. The number of nitrogens with zero attached hydrogens (tertiary/aromatic N) is 1. The summed E-state index contributed by atoms with van der Waals surface area (Å²) in [5.41, 5.74) is 0.561. The molecule has 2 N–H and O–H groups in total. The molecule has 100 valence electrons. The molecule has 1 aromatic rings. The van der Waals surface area contributed by atoms with E-state index in [0.29, 0.717) is 18.0 Å². The summed E-state index contributed by atoms with van der Waals surface area (Å²) < 4.78 is 5.13. The predicted octanol–water partition coefficient (Wildman–Crippen LogP) is 2.04. The first kappa shape index (κ1) is 14.6. The summed E-state index contributed by atoms with van der Waals surface area (Å²) in [6, 6.07) is 8.90. The molecule has 0 radical (unpaired) electrons. The van der Waals surface area contributed by atoms with Crippen molar-refractivity contribution in [2.45, 2.75) is 13.3 Å². The molecule has 19 heavy (non-hydrogen) atoms. The maximum absolute atomic E-state index is 11.9. The normalized spacial score (nSPS) is 10.5. The number of hydrogen-bond donors (Lipinski definition) is 2. The van der Waals surface area contributed by atoms with Crippen molar-refractivity contribution in [2.75, 3.05) is 19.0 Å². The molecule has 0 atom stereocenters. The summed E-state index contributed by atoms with van der Waals surface area (Å²) in [6.45, 7) is 2.72. The van der Waals surface area contributed by atoms with Gasteiger partial charge in [0.1, 0.15) is 17.4 Å². The van der Waals surface area contributed by atoms with Gasteiger partial charge in [0.15, 0.2) is 0 Å². The van der Waals surface area contributed by atoms with Crippen LogP contribution in [0.4, 0.5) is 5.69 Å². The second-order valence-corrected chi connectivity index (χ2v) is 3.78. The average Bonchev–Trinajstić information content (AvgIpc) is 2.44. The maximum Gasteiger partial charge on any atom is 0.267 e. The fourth-order valence-electron chi connectivity index (χ4n) is 1.40. The van der Waals surface area contributed by atoms with Crippen LogP contribution in [-0.2, 0) is 4.79 Å². The number of hydrogen-bond acceptors (Lipinski definition) is 4. The molecule has 1 rings (SSSR count). The van der Waals surface area contributed by atoms with Gasteiger partial charge in [0.05, 0.1) is 12.8 Å². The Hall–Kier alpha value is -2.48. The van der Waals surface area contributed by atoms with Gasteiger partial charge in [0.25, 0.3) is 5.91 Å². The van der Waals surface area contributed by atoms with Crippen LogP contribution in [0.1, 0.15) is 13.3 Å². The highest BCUT2D eigenvalue weighted by Gasteiger charge is 2.11. The molecule has 0 aliphatic carbocycles. The predicted molar refractivity (Wildman–Crippen MR) is 73.6 cm³/mol. The van der Waals surface area contributed by atoms with Crippen LogP contribution in [0.3, 0.4) is 0 Å². The minimum atomic E-state index is -0.462. The number of nitrogens with one attached hydrogen (secondary N) is 2. The summed E-state index contributed by atoms with van der Waals surface area (Å²) in [7, 11) is 1.52. The van der Waals surface area contributed by atoms with Crippen molar-refractivity contribution in [3.63, 3.8) is 0 Å². The van der Waals surface area contributed by atoms with E-state index in [0.717, 1.165) is 6.42 Å². The zero-order chi connectivity index (χ0) is 14.1. The van der Waals surface area contributed by atoms with Gasteiger partial charge >= 0.3 is 0 Å². The van der Waals surface area contributed by atoms with Gasteiger partial charge in [-0.2, -0.15) is 5.26 Å². The number of nitriles is 1. The Morgan fingerprint density at radius 2 is 2.21 bits per heavy atom. The topological polar surface area (TPSA) is 74.2 Å². The molecule has 0 heterocycles. The number of carbonyl (C=O) groups is 1. The standard InChI is InChI=1S/C14H17N3O2/c1-3-8-16-10-11(9-15)14(18)17-12-6-4-5-7-13(12)19-2/h4-7,10,16H,3,8H2,1-2H3,(H,17,18)/b11-10-. The van der Waals surface area contributed by atoms with Crippen LogP contribution >= 0.6 is 0 Å². The summed E-state index contributed by atoms with van der Waals surface area (Å²) in [6.07, 6.45) is 2.34. The molecular weight excluding hydrogens is 242 g/mol. The van der Waals surface area contributed by atoms with Crippen molar-refractivity contribution < 1.29 is 9.53 Å². The number of benzene rings is 1. The van der Waals surface area contributed by atoms with E-state index in [1.807, 2.05) is 13.0 Å². The lowest BCUT2D eigenvalue weighted by molar-refractivity contribution is -0.112. The van der Waals surface area contributed by atoms with Crippen LogP contribution in [0, 0.1) is 11.3 Å². The molecule has 1 amide bonds. The Kier molecular flexibility index (Phi) is 5.96. The van der Waals surface area contributed by atoms with Gasteiger partial charge < -0.3 is 15.4 Å². The van der Waals surface area contributed by atoms with Gasteiger partial charge in [0, 0.05) is 12.7 Å². The lowest BCUT2D eigenvalue weighted by atomic mass is 10.2. The van der Waals surface area contributed by atoms with E-state index in [1.165, 1.54) is 13.3 Å². The number of rotatable bonds is 6. The molecule has 0 aliphatic rings. The number of anilines is 1. The number of amides is 1. The van der Waals surface area contributed by atoms with E-state index < -0.39 is 5.91 Å². The van der Waals surface area contributed by atoms with Crippen LogP contribution in [-0.4, -0.2) is 19.6 Å². The molecule has 0 bridgehead atoms. The molecular formula is C14H17N3O2.